The summed E-state index contributed by atoms with van der Waals surface area (Å²) in [4.78, 5) is 12.2. The molecule has 0 saturated heterocycles. The Morgan fingerprint density at radius 3 is 2.52 bits per heavy atom. The Morgan fingerprint density at radius 1 is 1.19 bits per heavy atom. The minimum Gasteiger partial charge on any atom is -0.349 e. The van der Waals surface area contributed by atoms with Gasteiger partial charge < -0.3 is 11.1 Å². The maximum atomic E-state index is 13.7. The number of hydrogen-bond donors (Lipinski definition) is 2. The molecule has 3 N–H and O–H groups in total. The fraction of sp³-hybridized carbons (Fsp3) is 0.562. The zero-order valence-electron chi connectivity index (χ0n) is 11.8. The van der Waals surface area contributed by atoms with E-state index >= 15 is 0 Å². The van der Waals surface area contributed by atoms with Crippen LogP contribution in [0.2, 0.25) is 0 Å². The summed E-state index contributed by atoms with van der Waals surface area (Å²) in [7, 11) is 0. The van der Waals surface area contributed by atoms with Gasteiger partial charge in [-0.2, -0.15) is 0 Å². The van der Waals surface area contributed by atoms with Gasteiger partial charge in [-0.1, -0.05) is 6.42 Å². The zero-order chi connectivity index (χ0) is 15.0. The van der Waals surface area contributed by atoms with Crippen LogP contribution in [0.15, 0.2) is 18.2 Å². The topological polar surface area (TPSA) is 55.1 Å². The fourth-order valence-corrected chi connectivity index (χ4v) is 3.93. The Morgan fingerprint density at radius 2 is 1.86 bits per heavy atom. The van der Waals surface area contributed by atoms with E-state index in [1.165, 1.54) is 0 Å². The summed E-state index contributed by atoms with van der Waals surface area (Å²) < 4.78 is 26.9. The summed E-state index contributed by atoms with van der Waals surface area (Å²) in [5, 5.41) is 2.92. The van der Waals surface area contributed by atoms with Gasteiger partial charge in [0.1, 0.15) is 11.6 Å². The summed E-state index contributed by atoms with van der Waals surface area (Å²) in [5.74, 6) is -1.11. The molecule has 2 atom stereocenters. The lowest BCUT2D eigenvalue weighted by Gasteiger charge is -2.45. The van der Waals surface area contributed by atoms with Gasteiger partial charge in [-0.25, -0.2) is 8.78 Å². The molecule has 114 valence electrons. The lowest BCUT2D eigenvalue weighted by atomic mass is 9.67. The number of nitrogens with two attached hydrogens (primary N) is 1. The Labute approximate surface area is 122 Å². The normalized spacial score (nSPS) is 31.8. The average Bonchev–Trinajstić information content (AvgIpc) is 2.42. The minimum absolute atomic E-state index is 0.0358. The molecule has 3 nitrogen and oxygen atoms in total. The van der Waals surface area contributed by atoms with Crippen LogP contribution < -0.4 is 11.1 Å². The van der Waals surface area contributed by atoms with E-state index in [-0.39, 0.29) is 17.6 Å². The maximum Gasteiger partial charge on any atom is 0.254 e. The first-order chi connectivity index (χ1) is 10.0. The lowest BCUT2D eigenvalue weighted by molar-refractivity contribution is 0.0752. The van der Waals surface area contributed by atoms with Gasteiger partial charge >= 0.3 is 0 Å². The van der Waals surface area contributed by atoms with Crippen LogP contribution in [0.1, 0.15) is 42.5 Å². The first-order valence-electron chi connectivity index (χ1n) is 7.56. The van der Waals surface area contributed by atoms with E-state index in [0.29, 0.717) is 11.8 Å². The van der Waals surface area contributed by atoms with E-state index < -0.39 is 17.5 Å². The molecule has 0 spiro atoms. The predicted octanol–water partition coefficient (Wildman–Crippen LogP) is 2.60. The van der Waals surface area contributed by atoms with Crippen LogP contribution in [0, 0.1) is 23.5 Å². The molecule has 1 aromatic carbocycles. The first-order valence-corrected chi connectivity index (χ1v) is 7.56. The Bertz CT molecular complexity index is 535. The Hall–Kier alpha value is -1.49. The van der Waals surface area contributed by atoms with Crippen LogP contribution in [-0.2, 0) is 0 Å². The number of fused-ring (bicyclic) bond motifs is 2. The van der Waals surface area contributed by atoms with Crippen molar-refractivity contribution in [1.29, 1.82) is 0 Å². The highest BCUT2D eigenvalue weighted by atomic mass is 19.1. The van der Waals surface area contributed by atoms with Crippen molar-refractivity contribution in [3.05, 3.63) is 35.4 Å². The molecular formula is C16H20F2N2O. The van der Waals surface area contributed by atoms with Gasteiger partial charge in [0.2, 0.25) is 0 Å². The molecule has 21 heavy (non-hydrogen) atoms. The second kappa shape index (κ2) is 5.72. The van der Waals surface area contributed by atoms with Gasteiger partial charge in [0.15, 0.2) is 0 Å². The monoisotopic (exact) mass is 294 g/mol. The molecule has 2 unspecified atom stereocenters. The molecule has 0 heterocycles. The van der Waals surface area contributed by atoms with Gasteiger partial charge in [-0.05, 0) is 55.7 Å². The zero-order valence-corrected chi connectivity index (χ0v) is 11.8. The van der Waals surface area contributed by atoms with Crippen molar-refractivity contribution in [2.75, 3.05) is 0 Å². The van der Waals surface area contributed by atoms with Crippen molar-refractivity contribution in [1.82, 2.24) is 5.32 Å². The quantitative estimate of drug-likeness (QED) is 0.881. The summed E-state index contributed by atoms with van der Waals surface area (Å²) in [6, 6.07) is 3.19. The van der Waals surface area contributed by atoms with Crippen LogP contribution in [0.5, 0.6) is 0 Å². The molecule has 2 saturated carbocycles. The maximum absolute atomic E-state index is 13.7. The molecule has 2 bridgehead atoms. The summed E-state index contributed by atoms with van der Waals surface area (Å²) in [6.07, 6.45) is 5.03. The third-order valence-electron chi connectivity index (χ3n) is 4.85. The minimum atomic E-state index is -0.688. The van der Waals surface area contributed by atoms with E-state index in [9.17, 15) is 13.6 Å². The highest BCUT2D eigenvalue weighted by Crippen LogP contribution is 2.39. The van der Waals surface area contributed by atoms with E-state index in [1.807, 2.05) is 0 Å². The Balaban J connectivity index is 1.76. The van der Waals surface area contributed by atoms with E-state index in [4.69, 9.17) is 5.73 Å². The summed E-state index contributed by atoms with van der Waals surface area (Å²) >= 11 is 0. The van der Waals surface area contributed by atoms with Crippen LogP contribution in [0.25, 0.3) is 0 Å². The SMILES string of the molecule is NC1CC2CCCC(C1)C2NC(=O)c1cc(F)ccc1F. The fourth-order valence-electron chi connectivity index (χ4n) is 3.93. The largest absolute Gasteiger partial charge is 0.349 e. The number of rotatable bonds is 2. The second-order valence-electron chi connectivity index (χ2n) is 6.31. The van der Waals surface area contributed by atoms with Crippen molar-refractivity contribution in [3.63, 3.8) is 0 Å². The molecule has 5 heteroatoms. The molecule has 0 radical (unpaired) electrons. The molecule has 2 fully saturated rings. The van der Waals surface area contributed by atoms with Crippen LogP contribution in [0.3, 0.4) is 0 Å². The number of carbonyl (C=O) groups is 1. The highest BCUT2D eigenvalue weighted by molar-refractivity contribution is 5.94. The molecule has 0 aliphatic heterocycles. The van der Waals surface area contributed by atoms with Gasteiger partial charge in [-0.3, -0.25) is 4.79 Å². The average molecular weight is 294 g/mol. The molecular weight excluding hydrogens is 274 g/mol. The van der Waals surface area contributed by atoms with E-state index in [1.54, 1.807) is 0 Å². The standard InChI is InChI=1S/C16H20F2N2O/c17-11-4-5-14(18)13(8-11)16(21)20-15-9-2-1-3-10(15)7-12(19)6-9/h4-5,8-10,12,15H,1-3,6-7,19H2,(H,20,21). The van der Waals surface area contributed by atoms with E-state index in [0.717, 1.165) is 50.3 Å². The number of hydrogen-bond acceptors (Lipinski definition) is 2. The molecule has 3 rings (SSSR count). The smallest absolute Gasteiger partial charge is 0.254 e. The van der Waals surface area contributed by atoms with Crippen LogP contribution in [-0.4, -0.2) is 18.0 Å². The summed E-state index contributed by atoms with van der Waals surface area (Å²) in [6.45, 7) is 0. The van der Waals surface area contributed by atoms with Crippen molar-refractivity contribution in [3.8, 4) is 0 Å². The van der Waals surface area contributed by atoms with Crippen molar-refractivity contribution < 1.29 is 13.6 Å². The van der Waals surface area contributed by atoms with Crippen LogP contribution in [0.4, 0.5) is 8.78 Å². The number of halogens is 2. The van der Waals surface area contributed by atoms with Gasteiger partial charge in [0.05, 0.1) is 5.56 Å². The summed E-state index contributed by atoms with van der Waals surface area (Å²) in [5.41, 5.74) is 5.83. The molecule has 2 aliphatic carbocycles. The number of benzene rings is 1. The van der Waals surface area contributed by atoms with Crippen LogP contribution >= 0.6 is 0 Å². The lowest BCUT2D eigenvalue weighted by Crippen LogP contribution is -2.53. The van der Waals surface area contributed by atoms with Gasteiger partial charge in [0.25, 0.3) is 5.91 Å². The third-order valence-corrected chi connectivity index (χ3v) is 4.85. The van der Waals surface area contributed by atoms with Crippen molar-refractivity contribution in [2.45, 2.75) is 44.2 Å². The Kier molecular flexibility index (Phi) is 3.93. The molecule has 1 aromatic rings. The molecule has 2 aliphatic rings. The molecule has 0 aromatic heterocycles. The number of amides is 1. The highest BCUT2D eigenvalue weighted by Gasteiger charge is 2.40. The third kappa shape index (κ3) is 2.93. The van der Waals surface area contributed by atoms with Crippen molar-refractivity contribution >= 4 is 5.91 Å². The number of nitrogens with one attached hydrogen (secondary N) is 1. The number of carbonyl (C=O) groups excluding carboxylic acids is 1. The predicted molar refractivity (Wildman–Crippen MR) is 75.7 cm³/mol. The molecule has 1 amide bonds. The van der Waals surface area contributed by atoms with Gasteiger partial charge in [0, 0.05) is 12.1 Å². The van der Waals surface area contributed by atoms with Gasteiger partial charge in [-0.15, -0.1) is 0 Å². The second-order valence-corrected chi connectivity index (χ2v) is 6.31. The van der Waals surface area contributed by atoms with Crippen molar-refractivity contribution in [2.24, 2.45) is 17.6 Å². The van der Waals surface area contributed by atoms with E-state index in [2.05, 4.69) is 5.32 Å². The first kappa shape index (κ1) is 14.4.